The highest BCUT2D eigenvalue weighted by Crippen LogP contribution is 2.60. The minimum Gasteiger partial charge on any atom is -0.456 e. The lowest BCUT2D eigenvalue weighted by molar-refractivity contribution is 0.467. The zero-order valence-corrected chi connectivity index (χ0v) is 19.9. The van der Waals surface area contributed by atoms with Gasteiger partial charge in [-0.3, -0.25) is 0 Å². The molecule has 0 aromatic heterocycles. The van der Waals surface area contributed by atoms with E-state index in [1.54, 1.807) is 0 Å². The Hall–Kier alpha value is -3.65. The first-order valence-electron chi connectivity index (χ1n) is 11.2. The number of rotatable bonds is 2. The molecule has 5 aromatic carbocycles. The lowest BCUT2D eigenvalue weighted by Gasteiger charge is -2.38. The van der Waals surface area contributed by atoms with Crippen LogP contribution in [0.4, 0.5) is 0 Å². The molecule has 2 aliphatic heterocycles. The van der Waals surface area contributed by atoms with E-state index in [2.05, 4.69) is 72.8 Å². The summed E-state index contributed by atoms with van der Waals surface area (Å²) in [5.41, 5.74) is 4.44. The summed E-state index contributed by atoms with van der Waals surface area (Å²) in [6.45, 7) is 0. The molecule has 2 aliphatic rings. The second kappa shape index (κ2) is 7.43. The Morgan fingerprint density at radius 1 is 0.500 bits per heavy atom. The Labute approximate surface area is 203 Å². The van der Waals surface area contributed by atoms with Crippen molar-refractivity contribution < 1.29 is 9.47 Å². The van der Waals surface area contributed by atoms with Crippen molar-refractivity contribution in [2.75, 3.05) is 0 Å². The topological polar surface area (TPSA) is 18.5 Å². The van der Waals surface area contributed by atoms with E-state index in [1.165, 1.54) is 0 Å². The monoisotopic (exact) mass is 474 g/mol. The van der Waals surface area contributed by atoms with Gasteiger partial charge in [0.15, 0.2) is 0 Å². The molecule has 2 heterocycles. The maximum absolute atomic E-state index is 6.73. The summed E-state index contributed by atoms with van der Waals surface area (Å²) >= 11 is 6.73. The van der Waals surface area contributed by atoms with Crippen LogP contribution in [-0.2, 0) is 11.8 Å². The van der Waals surface area contributed by atoms with E-state index in [4.69, 9.17) is 21.3 Å². The van der Waals surface area contributed by atoms with Gasteiger partial charge in [0.2, 0.25) is 0 Å². The molecule has 7 rings (SSSR count). The van der Waals surface area contributed by atoms with Gasteiger partial charge in [0.05, 0.1) is 11.3 Å². The predicted octanol–water partition coefficient (Wildman–Crippen LogP) is 6.99. The standard InChI is InChI=1S/C30H19O2PS/c34-33-27-14-8-7-13-24(27)32-29-23(21-11-5-2-6-12-21)16-18-26(30(29)33)31-25-17-15-22(19-28(25)33)20-9-3-1-4-10-20/h1-19H. The van der Waals surface area contributed by atoms with E-state index in [1.807, 2.05) is 42.5 Å². The van der Waals surface area contributed by atoms with Gasteiger partial charge in [-0.2, -0.15) is 0 Å². The minimum absolute atomic E-state index is 0.799. The van der Waals surface area contributed by atoms with Crippen molar-refractivity contribution in [3.05, 3.63) is 115 Å². The lowest BCUT2D eigenvalue weighted by atomic mass is 10.0. The van der Waals surface area contributed by atoms with Crippen LogP contribution in [0.5, 0.6) is 23.0 Å². The number of para-hydroxylation sites is 1. The summed E-state index contributed by atoms with van der Waals surface area (Å²) in [4.78, 5) is 0. The van der Waals surface area contributed by atoms with Crippen molar-refractivity contribution in [3.63, 3.8) is 0 Å². The molecule has 0 radical (unpaired) electrons. The summed E-state index contributed by atoms with van der Waals surface area (Å²) in [6.07, 6.45) is 0. The van der Waals surface area contributed by atoms with Crippen molar-refractivity contribution >= 4 is 33.8 Å². The number of benzene rings is 5. The molecule has 34 heavy (non-hydrogen) atoms. The molecule has 2 nitrogen and oxygen atoms in total. The fourth-order valence-corrected chi connectivity index (χ4v) is 9.45. The van der Waals surface area contributed by atoms with Gasteiger partial charge in [-0.1, -0.05) is 90.7 Å². The Morgan fingerprint density at radius 2 is 1.15 bits per heavy atom. The van der Waals surface area contributed by atoms with Crippen LogP contribution >= 0.6 is 6.04 Å². The van der Waals surface area contributed by atoms with E-state index in [0.29, 0.717) is 0 Å². The number of fused-ring (bicyclic) bond motifs is 4. The molecule has 0 saturated carbocycles. The van der Waals surface area contributed by atoms with Gasteiger partial charge in [-0.15, -0.1) is 0 Å². The Bertz CT molecular complexity index is 1630. The van der Waals surface area contributed by atoms with E-state index < -0.39 is 6.04 Å². The highest BCUT2D eigenvalue weighted by molar-refractivity contribution is 8.26. The lowest BCUT2D eigenvalue weighted by Crippen LogP contribution is -2.35. The molecule has 0 bridgehead atoms. The van der Waals surface area contributed by atoms with E-state index >= 15 is 0 Å². The number of hydrogen-bond acceptors (Lipinski definition) is 3. The summed E-state index contributed by atoms with van der Waals surface area (Å²) in [5.74, 6) is 3.30. The van der Waals surface area contributed by atoms with E-state index in [9.17, 15) is 0 Å². The van der Waals surface area contributed by atoms with E-state index in [0.717, 1.165) is 61.2 Å². The molecule has 1 atom stereocenters. The van der Waals surface area contributed by atoms with Gasteiger partial charge >= 0.3 is 0 Å². The molecule has 5 aromatic rings. The largest absolute Gasteiger partial charge is 0.456 e. The smallest absolute Gasteiger partial charge is 0.148 e. The molecule has 1 unspecified atom stereocenters. The maximum atomic E-state index is 6.73. The van der Waals surface area contributed by atoms with Crippen molar-refractivity contribution in [3.8, 4) is 45.3 Å². The highest BCUT2D eigenvalue weighted by Gasteiger charge is 2.43. The van der Waals surface area contributed by atoms with E-state index in [-0.39, 0.29) is 0 Å². The van der Waals surface area contributed by atoms with Crippen LogP contribution in [0.3, 0.4) is 0 Å². The summed E-state index contributed by atoms with van der Waals surface area (Å²) < 4.78 is 13.1. The Kier molecular flexibility index (Phi) is 4.32. The van der Waals surface area contributed by atoms with Gasteiger partial charge < -0.3 is 9.47 Å². The van der Waals surface area contributed by atoms with Crippen molar-refractivity contribution in [2.45, 2.75) is 0 Å². The number of hydrogen-bond donors (Lipinski definition) is 0. The third kappa shape index (κ3) is 2.78. The van der Waals surface area contributed by atoms with Crippen molar-refractivity contribution in [1.82, 2.24) is 0 Å². The highest BCUT2D eigenvalue weighted by atomic mass is 32.4. The first-order chi connectivity index (χ1) is 16.7. The molecular weight excluding hydrogens is 455 g/mol. The van der Waals surface area contributed by atoms with Gasteiger partial charge in [-0.25, -0.2) is 0 Å². The first kappa shape index (κ1) is 19.8. The zero-order valence-electron chi connectivity index (χ0n) is 18.1. The minimum atomic E-state index is -2.43. The van der Waals surface area contributed by atoms with Crippen LogP contribution in [0.1, 0.15) is 0 Å². The van der Waals surface area contributed by atoms with Crippen LogP contribution in [0.2, 0.25) is 0 Å². The van der Waals surface area contributed by atoms with Crippen LogP contribution < -0.4 is 25.4 Å². The fourth-order valence-electron chi connectivity index (χ4n) is 4.94. The first-order valence-corrected chi connectivity index (χ1v) is 14.0. The van der Waals surface area contributed by atoms with Gasteiger partial charge in [-0.05, 0) is 53.1 Å². The third-order valence-corrected chi connectivity index (χ3v) is 11.4. The molecule has 0 spiro atoms. The van der Waals surface area contributed by atoms with Crippen LogP contribution in [0.25, 0.3) is 22.3 Å². The Morgan fingerprint density at radius 3 is 1.94 bits per heavy atom. The summed E-state index contributed by atoms with van der Waals surface area (Å²) in [6, 6.07) is 37.1. The molecule has 162 valence electrons. The van der Waals surface area contributed by atoms with Gasteiger partial charge in [0.1, 0.15) is 23.0 Å². The summed E-state index contributed by atoms with van der Waals surface area (Å²) in [7, 11) is 0. The molecule has 0 amide bonds. The second-order valence-electron chi connectivity index (χ2n) is 8.48. The normalized spacial score (nSPS) is 16.9. The predicted molar refractivity (Wildman–Crippen MR) is 144 cm³/mol. The van der Waals surface area contributed by atoms with Gasteiger partial charge in [0.25, 0.3) is 0 Å². The Balaban J connectivity index is 1.55. The average Bonchev–Trinajstić information content (AvgIpc) is 2.90. The SMILES string of the molecule is S=P12c3cc(-c4ccccc4)ccc3Oc3ccc(-c4ccccc4)c(c31)Oc1ccccc12. The van der Waals surface area contributed by atoms with Crippen molar-refractivity contribution in [2.24, 2.45) is 0 Å². The molecule has 4 heteroatoms. The summed E-state index contributed by atoms with van der Waals surface area (Å²) in [5, 5.41) is 3.18. The molecule has 0 saturated heterocycles. The van der Waals surface area contributed by atoms with Crippen LogP contribution in [-0.4, -0.2) is 0 Å². The third-order valence-electron chi connectivity index (χ3n) is 6.54. The fraction of sp³-hybridized carbons (Fsp3) is 0. The molecule has 0 N–H and O–H groups in total. The average molecular weight is 475 g/mol. The maximum Gasteiger partial charge on any atom is 0.148 e. The molecule has 0 aliphatic carbocycles. The number of ether oxygens (including phenoxy) is 2. The second-order valence-corrected chi connectivity index (χ2v) is 12.8. The van der Waals surface area contributed by atoms with Crippen LogP contribution in [0, 0.1) is 0 Å². The van der Waals surface area contributed by atoms with Crippen LogP contribution in [0.15, 0.2) is 115 Å². The van der Waals surface area contributed by atoms with Crippen molar-refractivity contribution in [1.29, 1.82) is 0 Å². The molecular formula is C30H19O2PS. The zero-order chi connectivity index (χ0) is 22.7. The quantitative estimate of drug-likeness (QED) is 0.252. The molecule has 0 fully saturated rings. The van der Waals surface area contributed by atoms with Gasteiger partial charge in [0, 0.05) is 16.2 Å².